The predicted octanol–water partition coefficient (Wildman–Crippen LogP) is 0.0665. The first kappa shape index (κ1) is 14.2. The van der Waals surface area contributed by atoms with E-state index in [4.69, 9.17) is 0 Å². The van der Waals surface area contributed by atoms with Gasteiger partial charge >= 0.3 is 0 Å². The molecular weight excluding hydrogens is 256 g/mol. The van der Waals surface area contributed by atoms with Gasteiger partial charge in [0.05, 0.1) is 12.2 Å². The van der Waals surface area contributed by atoms with E-state index in [9.17, 15) is 10.1 Å². The third-order valence-corrected chi connectivity index (χ3v) is 2.78. The number of aromatic nitrogens is 2. The first-order valence-corrected chi connectivity index (χ1v) is 6.33. The van der Waals surface area contributed by atoms with Gasteiger partial charge in [0, 0.05) is 37.1 Å². The average Bonchev–Trinajstić information content (AvgIpc) is 2.37. The molecule has 0 spiro atoms. The second kappa shape index (κ2) is 8.23. The Bertz CT molecular complexity index is 399. The topological polar surface area (TPSA) is 105 Å². The predicted molar refractivity (Wildman–Crippen MR) is 69.7 cm³/mol. The quantitative estimate of drug-likeness (QED) is 0.248. The summed E-state index contributed by atoms with van der Waals surface area (Å²) in [6, 6.07) is 0. The number of nitro groups is 1. The molecule has 0 atom stereocenters. The highest BCUT2D eigenvalue weighted by atomic mass is 32.2. The smallest absolute Gasteiger partial charge is 0.254 e. The summed E-state index contributed by atoms with van der Waals surface area (Å²) in [5.41, 5.74) is 2.87. The summed E-state index contributed by atoms with van der Waals surface area (Å²) in [6.07, 6.45) is 4.98. The van der Waals surface area contributed by atoms with Crippen molar-refractivity contribution in [2.24, 2.45) is 4.99 Å². The van der Waals surface area contributed by atoms with Gasteiger partial charge in [-0.1, -0.05) is 5.43 Å². The van der Waals surface area contributed by atoms with E-state index in [0.29, 0.717) is 6.54 Å². The molecule has 0 amide bonds. The number of aliphatic imine (C=N–C) groups is 1. The van der Waals surface area contributed by atoms with Crippen molar-refractivity contribution < 1.29 is 5.03 Å². The van der Waals surface area contributed by atoms with Gasteiger partial charge in [0.1, 0.15) is 0 Å². The molecule has 1 heterocycles. The van der Waals surface area contributed by atoms with Crippen molar-refractivity contribution >= 4 is 17.7 Å². The lowest BCUT2D eigenvalue weighted by molar-refractivity contribution is -0.525. The van der Waals surface area contributed by atoms with Gasteiger partial charge < -0.3 is 5.32 Å². The molecule has 1 aromatic heterocycles. The van der Waals surface area contributed by atoms with E-state index in [0.717, 1.165) is 17.2 Å². The van der Waals surface area contributed by atoms with Gasteiger partial charge in [-0.25, -0.2) is 15.1 Å². The number of hydrazine groups is 1. The molecule has 0 aromatic carbocycles. The third-order valence-electron chi connectivity index (χ3n) is 1.81. The monoisotopic (exact) mass is 270 g/mol. The Balaban J connectivity index is 2.21. The molecule has 18 heavy (non-hydrogen) atoms. The Kier molecular flexibility index (Phi) is 6.47. The van der Waals surface area contributed by atoms with Crippen LogP contribution in [0, 0.1) is 10.1 Å². The van der Waals surface area contributed by atoms with Crippen LogP contribution in [0.15, 0.2) is 23.6 Å². The highest BCUT2D eigenvalue weighted by Crippen LogP contribution is 2.07. The average molecular weight is 270 g/mol. The molecule has 0 saturated heterocycles. The molecule has 9 heteroatoms. The Labute approximate surface area is 108 Å². The van der Waals surface area contributed by atoms with Gasteiger partial charge in [-0.3, -0.25) is 9.97 Å². The van der Waals surface area contributed by atoms with Crippen molar-refractivity contribution in [3.05, 3.63) is 34.4 Å². The SMILES string of the molecule is CN/C(=N\CCSCc1cnccn1)N[N+](=O)[O-]. The number of nitrogens with zero attached hydrogens (tertiary/aromatic N) is 4. The van der Waals surface area contributed by atoms with Crippen molar-refractivity contribution in [3.63, 3.8) is 0 Å². The maximum atomic E-state index is 10.2. The molecule has 8 nitrogen and oxygen atoms in total. The first-order valence-electron chi connectivity index (χ1n) is 5.18. The molecule has 0 aliphatic carbocycles. The molecule has 1 rings (SSSR count). The number of rotatable bonds is 6. The molecule has 98 valence electrons. The van der Waals surface area contributed by atoms with E-state index in [1.807, 2.05) is 5.43 Å². The van der Waals surface area contributed by atoms with Crippen LogP contribution >= 0.6 is 11.8 Å². The summed E-state index contributed by atoms with van der Waals surface area (Å²) in [5, 5.41) is 12.2. The van der Waals surface area contributed by atoms with E-state index < -0.39 is 5.03 Å². The number of hydrogen-bond donors (Lipinski definition) is 2. The van der Waals surface area contributed by atoms with Gasteiger partial charge in [-0.05, 0) is 0 Å². The third kappa shape index (κ3) is 5.99. The van der Waals surface area contributed by atoms with E-state index in [1.54, 1.807) is 37.4 Å². The van der Waals surface area contributed by atoms with E-state index in [1.165, 1.54) is 0 Å². The second-order valence-electron chi connectivity index (χ2n) is 3.10. The van der Waals surface area contributed by atoms with Crippen molar-refractivity contribution in [1.29, 1.82) is 0 Å². The van der Waals surface area contributed by atoms with Gasteiger partial charge in [0.25, 0.3) is 5.96 Å². The number of nitrogens with one attached hydrogen (secondary N) is 2. The molecule has 0 bridgehead atoms. The lowest BCUT2D eigenvalue weighted by Gasteiger charge is -2.02. The van der Waals surface area contributed by atoms with Crippen LogP contribution in [0.1, 0.15) is 5.69 Å². The fraction of sp³-hybridized carbons (Fsp3) is 0.444. The van der Waals surface area contributed by atoms with E-state index >= 15 is 0 Å². The van der Waals surface area contributed by atoms with Crippen molar-refractivity contribution in [3.8, 4) is 0 Å². The Morgan fingerprint density at radius 1 is 1.61 bits per heavy atom. The van der Waals surface area contributed by atoms with Crippen molar-refractivity contribution in [1.82, 2.24) is 20.7 Å². The zero-order valence-corrected chi connectivity index (χ0v) is 10.7. The minimum Gasteiger partial charge on any atom is -0.355 e. The number of guanidine groups is 1. The van der Waals surface area contributed by atoms with Crippen LogP contribution in [-0.4, -0.2) is 40.3 Å². The summed E-state index contributed by atoms with van der Waals surface area (Å²) >= 11 is 1.64. The van der Waals surface area contributed by atoms with Gasteiger partial charge in [0.15, 0.2) is 5.03 Å². The summed E-state index contributed by atoms with van der Waals surface area (Å²) in [7, 11) is 1.57. The lowest BCUT2D eigenvalue weighted by Crippen LogP contribution is -2.38. The van der Waals surface area contributed by atoms with Crippen molar-refractivity contribution in [2.45, 2.75) is 5.75 Å². The number of thioether (sulfide) groups is 1. The Morgan fingerprint density at radius 3 is 3.06 bits per heavy atom. The Hall–Kier alpha value is -1.90. The van der Waals surface area contributed by atoms with Gasteiger partial charge in [-0.15, -0.1) is 0 Å². The lowest BCUT2D eigenvalue weighted by atomic mass is 10.5. The molecular formula is C9H14N6O2S. The van der Waals surface area contributed by atoms with E-state index in [-0.39, 0.29) is 5.96 Å². The molecule has 0 saturated carbocycles. The maximum absolute atomic E-state index is 10.2. The first-order chi connectivity index (χ1) is 8.72. The number of hydrogen-bond acceptors (Lipinski definition) is 6. The molecule has 0 aliphatic heterocycles. The zero-order chi connectivity index (χ0) is 13.2. The molecule has 0 aliphatic rings. The van der Waals surface area contributed by atoms with Crippen LogP contribution in [0.25, 0.3) is 0 Å². The molecule has 2 N–H and O–H groups in total. The molecule has 0 fully saturated rings. The fourth-order valence-electron chi connectivity index (χ4n) is 1.06. The minimum absolute atomic E-state index is 0.153. The standard InChI is InChI=1S/C9H14N6O2S/c1-10-9(14-15(16)17)13-4-5-18-7-8-6-11-2-3-12-8/h2-3,6H,4-5,7H2,1H3,(H2,10,13,14). The normalized spacial score (nSPS) is 11.1. The molecule has 1 aromatic rings. The van der Waals surface area contributed by atoms with Crippen LogP contribution in [0.4, 0.5) is 0 Å². The fourth-order valence-corrected chi connectivity index (χ4v) is 1.78. The van der Waals surface area contributed by atoms with Gasteiger partial charge in [0.2, 0.25) is 0 Å². The van der Waals surface area contributed by atoms with Crippen LogP contribution in [0.2, 0.25) is 0 Å². The highest BCUT2D eigenvalue weighted by molar-refractivity contribution is 7.98. The van der Waals surface area contributed by atoms with Crippen LogP contribution in [-0.2, 0) is 5.75 Å². The molecule has 0 unspecified atom stereocenters. The molecule has 0 radical (unpaired) electrons. The van der Waals surface area contributed by atoms with Crippen LogP contribution < -0.4 is 10.7 Å². The maximum Gasteiger partial charge on any atom is 0.254 e. The minimum atomic E-state index is -0.651. The van der Waals surface area contributed by atoms with Crippen LogP contribution in [0.5, 0.6) is 0 Å². The highest BCUT2D eigenvalue weighted by Gasteiger charge is 2.01. The second-order valence-corrected chi connectivity index (χ2v) is 4.20. The summed E-state index contributed by atoms with van der Waals surface area (Å²) in [5.74, 6) is 1.65. The summed E-state index contributed by atoms with van der Waals surface area (Å²) in [4.78, 5) is 22.3. The van der Waals surface area contributed by atoms with E-state index in [2.05, 4.69) is 20.3 Å². The largest absolute Gasteiger partial charge is 0.355 e. The zero-order valence-electron chi connectivity index (χ0n) is 9.87. The van der Waals surface area contributed by atoms with Gasteiger partial charge in [-0.2, -0.15) is 11.8 Å². The van der Waals surface area contributed by atoms with Crippen LogP contribution in [0.3, 0.4) is 0 Å². The Morgan fingerprint density at radius 2 is 2.44 bits per heavy atom. The summed E-state index contributed by atoms with van der Waals surface area (Å²) < 4.78 is 0. The summed E-state index contributed by atoms with van der Waals surface area (Å²) in [6.45, 7) is 0.488. The van der Waals surface area contributed by atoms with Crippen molar-refractivity contribution in [2.75, 3.05) is 19.3 Å².